The summed E-state index contributed by atoms with van der Waals surface area (Å²) < 4.78 is 33.8. The minimum atomic E-state index is -1.12. The third kappa shape index (κ3) is 6.55. The highest BCUT2D eigenvalue weighted by atomic mass is 79.9. The molecule has 1 saturated heterocycles. The maximum atomic E-state index is 12.0. The van der Waals surface area contributed by atoms with Gasteiger partial charge < -0.3 is 28.4 Å². The lowest BCUT2D eigenvalue weighted by molar-refractivity contribution is -0.232. The van der Waals surface area contributed by atoms with E-state index in [1.807, 2.05) is 24.3 Å². The van der Waals surface area contributed by atoms with Crippen LogP contribution in [-0.2, 0) is 39.8 Å². The molecule has 0 amide bonds. The number of benzene rings is 2. The van der Waals surface area contributed by atoms with Gasteiger partial charge in [-0.3, -0.25) is 14.4 Å². The molecule has 2 aliphatic heterocycles. The summed E-state index contributed by atoms with van der Waals surface area (Å²) in [7, 11) is 0. The third-order valence-electron chi connectivity index (χ3n) is 5.79. The van der Waals surface area contributed by atoms with Gasteiger partial charge >= 0.3 is 17.9 Å². The molecule has 0 aliphatic carbocycles. The van der Waals surface area contributed by atoms with Gasteiger partial charge in [-0.15, -0.1) is 0 Å². The number of carbonyl (C=O) groups excluding carboxylic acids is 3. The van der Waals surface area contributed by atoms with Gasteiger partial charge in [-0.1, -0.05) is 45.7 Å². The highest BCUT2D eigenvalue weighted by Gasteiger charge is 2.51. The van der Waals surface area contributed by atoms with Crippen molar-refractivity contribution >= 4 is 45.4 Å². The minimum Gasteiger partial charge on any atom is -0.486 e. The van der Waals surface area contributed by atoms with Crippen molar-refractivity contribution in [3.8, 4) is 11.5 Å². The first-order valence-electron chi connectivity index (χ1n) is 11.6. The predicted octanol–water partition coefficient (Wildman–Crippen LogP) is 4.29. The van der Waals surface area contributed by atoms with E-state index in [1.54, 1.807) is 12.1 Å². The van der Waals surface area contributed by atoms with E-state index < -0.39 is 47.3 Å². The molecule has 5 atom stereocenters. The van der Waals surface area contributed by atoms with Gasteiger partial charge in [0.25, 0.3) is 0 Å². The van der Waals surface area contributed by atoms with Gasteiger partial charge in [0.05, 0.1) is 0 Å². The maximum absolute atomic E-state index is 12.0. The zero-order valence-corrected chi connectivity index (χ0v) is 22.7. The quantitative estimate of drug-likeness (QED) is 0.274. The van der Waals surface area contributed by atoms with Crippen molar-refractivity contribution in [2.45, 2.75) is 56.6 Å². The molecular formula is C26H26BrClO9. The van der Waals surface area contributed by atoms with Crippen LogP contribution >= 0.6 is 27.5 Å². The van der Waals surface area contributed by atoms with Gasteiger partial charge in [0.15, 0.2) is 34.8 Å². The Morgan fingerprint density at radius 2 is 1.49 bits per heavy atom. The summed E-state index contributed by atoms with van der Waals surface area (Å²) in [6, 6.07) is 11.0. The van der Waals surface area contributed by atoms with Gasteiger partial charge in [-0.25, -0.2) is 0 Å². The number of esters is 3. The number of hydrogen-bond acceptors (Lipinski definition) is 9. The van der Waals surface area contributed by atoms with Crippen molar-refractivity contribution in [2.75, 3.05) is 13.2 Å². The van der Waals surface area contributed by atoms with Crippen molar-refractivity contribution < 1.29 is 42.8 Å². The molecule has 37 heavy (non-hydrogen) atoms. The van der Waals surface area contributed by atoms with Crippen molar-refractivity contribution in [3.63, 3.8) is 0 Å². The molecule has 0 bridgehead atoms. The van der Waals surface area contributed by atoms with Gasteiger partial charge in [0.1, 0.15) is 19.3 Å². The predicted molar refractivity (Wildman–Crippen MR) is 135 cm³/mol. The monoisotopic (exact) mass is 596 g/mol. The van der Waals surface area contributed by atoms with Crippen LogP contribution in [0.1, 0.15) is 43.6 Å². The summed E-state index contributed by atoms with van der Waals surface area (Å²) in [4.78, 5) is 35.7. The molecular weight excluding hydrogens is 572 g/mol. The second kappa shape index (κ2) is 11.7. The van der Waals surface area contributed by atoms with Gasteiger partial charge in [0, 0.05) is 25.8 Å². The van der Waals surface area contributed by atoms with Crippen molar-refractivity contribution in [1.29, 1.82) is 0 Å². The van der Waals surface area contributed by atoms with E-state index in [0.717, 1.165) is 11.1 Å². The summed E-state index contributed by atoms with van der Waals surface area (Å²) >= 11 is 9.92. The van der Waals surface area contributed by atoms with Crippen molar-refractivity contribution in [2.24, 2.45) is 0 Å². The lowest BCUT2D eigenvalue weighted by atomic mass is 9.92. The van der Waals surface area contributed by atoms with Crippen LogP contribution in [0.4, 0.5) is 0 Å². The first kappa shape index (κ1) is 27.2. The average Bonchev–Trinajstić information content (AvgIpc) is 2.83. The topological polar surface area (TPSA) is 107 Å². The molecule has 4 rings (SSSR count). The number of halogens is 2. The standard InChI is InChI=1S/C26H26BrClO9/c1-13(29)34-23-22(37-26(27)25(36-15(3)31)24(23)35-14(2)30)17-5-6-19(28)18(12-17)10-16-4-7-20-21(11-16)33-9-8-32-20/h4-7,11-12,22-26H,8-10H2,1-3H3/t22-,23-,24+,25-,26+/m0/s1. The van der Waals surface area contributed by atoms with E-state index in [0.29, 0.717) is 41.7 Å². The third-order valence-corrected chi connectivity index (χ3v) is 6.89. The molecule has 2 aromatic carbocycles. The number of ether oxygens (including phenoxy) is 6. The fourth-order valence-electron chi connectivity index (χ4n) is 4.35. The van der Waals surface area contributed by atoms with Gasteiger partial charge in [0.2, 0.25) is 0 Å². The van der Waals surface area contributed by atoms with Crippen LogP contribution in [-0.4, -0.2) is 54.4 Å². The number of hydrogen-bond donors (Lipinski definition) is 0. The number of rotatable bonds is 6. The molecule has 11 heteroatoms. The zero-order chi connectivity index (χ0) is 26.7. The maximum Gasteiger partial charge on any atom is 0.303 e. The van der Waals surface area contributed by atoms with Gasteiger partial charge in [-0.2, -0.15) is 0 Å². The zero-order valence-electron chi connectivity index (χ0n) is 20.4. The fraction of sp³-hybridized carbons (Fsp3) is 0.423. The van der Waals surface area contributed by atoms with Crippen LogP contribution in [0.25, 0.3) is 0 Å². The SMILES string of the molecule is CC(=O)O[C@@H]1[C@@H](OC(C)=O)[C@H](c2ccc(Cl)c(Cc3ccc4c(c3)OCCO4)c2)O[C@@H](Br)[C@H]1OC(C)=O. The van der Waals surface area contributed by atoms with Crippen molar-refractivity contribution in [1.82, 2.24) is 0 Å². The largest absolute Gasteiger partial charge is 0.486 e. The van der Waals surface area contributed by atoms with E-state index in [4.69, 9.17) is 40.0 Å². The molecule has 0 saturated carbocycles. The molecule has 198 valence electrons. The second-order valence-electron chi connectivity index (χ2n) is 8.64. The normalized spacial score (nSPS) is 24.6. The molecule has 1 fully saturated rings. The van der Waals surface area contributed by atoms with Gasteiger partial charge in [-0.05, 0) is 41.3 Å². The van der Waals surface area contributed by atoms with E-state index in [-0.39, 0.29) is 0 Å². The summed E-state index contributed by atoms with van der Waals surface area (Å²) in [6.45, 7) is 4.66. The molecule has 2 heterocycles. The molecule has 0 unspecified atom stereocenters. The molecule has 0 spiro atoms. The number of carbonyl (C=O) groups is 3. The molecule has 0 N–H and O–H groups in total. The second-order valence-corrected chi connectivity index (χ2v) is 9.95. The van der Waals surface area contributed by atoms with Crippen LogP contribution < -0.4 is 9.47 Å². The van der Waals surface area contributed by atoms with Crippen LogP contribution in [0.15, 0.2) is 36.4 Å². The summed E-state index contributed by atoms with van der Waals surface area (Å²) in [5, 5.41) is -0.322. The molecule has 0 aromatic heterocycles. The Kier molecular flexibility index (Phi) is 8.61. The highest BCUT2D eigenvalue weighted by Crippen LogP contribution is 2.40. The van der Waals surface area contributed by atoms with E-state index in [9.17, 15) is 14.4 Å². The number of alkyl halides is 1. The van der Waals surface area contributed by atoms with E-state index >= 15 is 0 Å². The Hall–Kier alpha value is -2.82. The molecule has 2 aliphatic rings. The van der Waals surface area contributed by atoms with Crippen LogP contribution in [0.3, 0.4) is 0 Å². The lowest BCUT2D eigenvalue weighted by Crippen LogP contribution is -2.56. The fourth-order valence-corrected chi connectivity index (χ4v) is 5.18. The first-order valence-corrected chi connectivity index (χ1v) is 12.9. The van der Waals surface area contributed by atoms with Crippen LogP contribution in [0.2, 0.25) is 5.02 Å². The summed E-state index contributed by atoms with van der Waals surface area (Å²) in [5.41, 5.74) is 2.37. The Balaban J connectivity index is 1.67. The molecule has 2 aromatic rings. The summed E-state index contributed by atoms with van der Waals surface area (Å²) in [6.07, 6.45) is -3.64. The van der Waals surface area contributed by atoms with Crippen LogP contribution in [0, 0.1) is 0 Å². The smallest absolute Gasteiger partial charge is 0.303 e. The Morgan fingerprint density at radius 3 is 2.16 bits per heavy atom. The van der Waals surface area contributed by atoms with Crippen LogP contribution in [0.5, 0.6) is 11.5 Å². The lowest BCUT2D eigenvalue weighted by Gasteiger charge is -2.43. The Labute approximate surface area is 227 Å². The Bertz CT molecular complexity index is 1190. The Morgan fingerprint density at radius 1 is 0.865 bits per heavy atom. The number of fused-ring (bicyclic) bond motifs is 1. The van der Waals surface area contributed by atoms with Crippen molar-refractivity contribution in [3.05, 3.63) is 58.1 Å². The minimum absolute atomic E-state index is 0.481. The molecule has 0 radical (unpaired) electrons. The highest BCUT2D eigenvalue weighted by molar-refractivity contribution is 9.09. The average molecular weight is 598 g/mol. The summed E-state index contributed by atoms with van der Waals surface area (Å²) in [5.74, 6) is -0.490. The van der Waals surface area contributed by atoms with E-state index in [2.05, 4.69) is 15.9 Å². The van der Waals surface area contributed by atoms with E-state index in [1.165, 1.54) is 20.8 Å². The molecule has 9 nitrogen and oxygen atoms in total. The first-order chi connectivity index (χ1) is 17.6.